The molecule has 1 aromatic heterocycles. The minimum Gasteiger partial charge on any atom is -0.492 e. The molecule has 0 fully saturated rings. The first kappa shape index (κ1) is 15.9. The van der Waals surface area contributed by atoms with Gasteiger partial charge in [-0.1, -0.05) is 28.0 Å². The fourth-order valence-corrected chi connectivity index (χ4v) is 2.07. The number of nitrogens with zero attached hydrogens (tertiary/aromatic N) is 3. The van der Waals surface area contributed by atoms with Gasteiger partial charge < -0.3 is 15.0 Å². The van der Waals surface area contributed by atoms with Gasteiger partial charge in [-0.15, -0.1) is 0 Å². The summed E-state index contributed by atoms with van der Waals surface area (Å²) >= 11 is 3.40. The molecule has 6 nitrogen and oxygen atoms in total. The number of rotatable bonds is 8. The molecule has 0 aliphatic heterocycles. The molecule has 7 heteroatoms. The molecular weight excluding hydrogens is 336 g/mol. The van der Waals surface area contributed by atoms with Gasteiger partial charge in [0.25, 0.3) is 0 Å². The maximum absolute atomic E-state index is 5.71. The van der Waals surface area contributed by atoms with Crippen molar-refractivity contribution in [1.82, 2.24) is 15.0 Å². The van der Waals surface area contributed by atoms with Gasteiger partial charge in [-0.3, -0.25) is 4.90 Å². The van der Waals surface area contributed by atoms with Crippen molar-refractivity contribution in [1.29, 1.82) is 0 Å². The van der Waals surface area contributed by atoms with E-state index in [1.165, 1.54) is 0 Å². The second-order valence-electron chi connectivity index (χ2n) is 4.48. The third-order valence-electron chi connectivity index (χ3n) is 2.99. The van der Waals surface area contributed by atoms with E-state index < -0.39 is 0 Å². The van der Waals surface area contributed by atoms with Gasteiger partial charge in [0.05, 0.1) is 13.1 Å². The summed E-state index contributed by atoms with van der Waals surface area (Å²) in [6.07, 6.45) is 0. The zero-order chi connectivity index (χ0) is 15.1. The third-order valence-corrected chi connectivity index (χ3v) is 3.52. The number of ether oxygens (including phenoxy) is 1. The Morgan fingerprint density at radius 3 is 2.71 bits per heavy atom. The van der Waals surface area contributed by atoms with E-state index >= 15 is 0 Å². The maximum Gasteiger partial charge on any atom is 0.240 e. The highest BCUT2D eigenvalue weighted by atomic mass is 79.9. The monoisotopic (exact) mass is 354 g/mol. The van der Waals surface area contributed by atoms with Gasteiger partial charge in [0.2, 0.25) is 5.89 Å². The summed E-state index contributed by atoms with van der Waals surface area (Å²) < 4.78 is 11.7. The first-order chi connectivity index (χ1) is 10.2. The lowest BCUT2D eigenvalue weighted by Crippen LogP contribution is -2.28. The van der Waals surface area contributed by atoms with E-state index in [4.69, 9.17) is 15.0 Å². The van der Waals surface area contributed by atoms with Crippen LogP contribution in [-0.4, -0.2) is 34.7 Å². The standard InChI is InChI=1S/C14H19BrN4O2/c1-2-19(10-13-17-14(9-16)21-18-13)7-8-20-12-5-3-11(15)4-6-12/h3-6H,2,7-10,16H2,1H3. The van der Waals surface area contributed by atoms with Crippen molar-refractivity contribution in [2.45, 2.75) is 20.0 Å². The minimum absolute atomic E-state index is 0.270. The summed E-state index contributed by atoms with van der Waals surface area (Å²) in [6.45, 7) is 5.27. The van der Waals surface area contributed by atoms with E-state index in [2.05, 4.69) is 37.9 Å². The maximum atomic E-state index is 5.71. The molecule has 0 saturated carbocycles. The number of nitrogens with two attached hydrogens (primary N) is 1. The summed E-state index contributed by atoms with van der Waals surface area (Å²) in [5.41, 5.74) is 5.45. The zero-order valence-corrected chi connectivity index (χ0v) is 13.5. The Morgan fingerprint density at radius 2 is 2.10 bits per heavy atom. The summed E-state index contributed by atoms with van der Waals surface area (Å²) in [4.78, 5) is 6.39. The number of likely N-dealkylation sites (N-methyl/N-ethyl adjacent to an activating group) is 1. The van der Waals surface area contributed by atoms with E-state index in [9.17, 15) is 0 Å². The molecule has 0 amide bonds. The molecule has 0 unspecified atom stereocenters. The van der Waals surface area contributed by atoms with Crippen LogP contribution < -0.4 is 10.5 Å². The lowest BCUT2D eigenvalue weighted by Gasteiger charge is -2.18. The normalized spacial score (nSPS) is 11.0. The van der Waals surface area contributed by atoms with Gasteiger partial charge in [0.1, 0.15) is 12.4 Å². The van der Waals surface area contributed by atoms with E-state index in [-0.39, 0.29) is 6.54 Å². The number of hydrogen-bond donors (Lipinski definition) is 1. The molecule has 114 valence electrons. The second-order valence-corrected chi connectivity index (χ2v) is 5.40. The van der Waals surface area contributed by atoms with Crippen LogP contribution in [0.4, 0.5) is 0 Å². The zero-order valence-electron chi connectivity index (χ0n) is 12.0. The molecule has 2 rings (SSSR count). The molecule has 0 radical (unpaired) electrons. The molecule has 0 spiro atoms. The van der Waals surface area contributed by atoms with Crippen LogP contribution in [0.25, 0.3) is 0 Å². The van der Waals surface area contributed by atoms with Crippen LogP contribution in [0.5, 0.6) is 5.75 Å². The van der Waals surface area contributed by atoms with Gasteiger partial charge in [0, 0.05) is 11.0 Å². The predicted octanol–water partition coefficient (Wildman–Crippen LogP) is 2.19. The van der Waals surface area contributed by atoms with E-state index in [0.29, 0.717) is 24.9 Å². The largest absolute Gasteiger partial charge is 0.492 e. The highest BCUT2D eigenvalue weighted by Gasteiger charge is 2.10. The Kier molecular flexibility index (Phi) is 6.16. The van der Waals surface area contributed by atoms with Gasteiger partial charge in [-0.2, -0.15) is 4.98 Å². The second kappa shape index (κ2) is 8.11. The molecular formula is C14H19BrN4O2. The molecule has 0 bridgehead atoms. The highest BCUT2D eigenvalue weighted by Crippen LogP contribution is 2.16. The van der Waals surface area contributed by atoms with Gasteiger partial charge >= 0.3 is 0 Å². The summed E-state index contributed by atoms with van der Waals surface area (Å²) in [5, 5.41) is 3.90. The van der Waals surface area contributed by atoms with Crippen molar-refractivity contribution in [3.05, 3.63) is 40.5 Å². The molecule has 21 heavy (non-hydrogen) atoms. The molecule has 2 aromatic rings. The van der Waals surface area contributed by atoms with Crippen LogP contribution in [-0.2, 0) is 13.1 Å². The van der Waals surface area contributed by atoms with Crippen LogP contribution >= 0.6 is 15.9 Å². The smallest absolute Gasteiger partial charge is 0.240 e. The van der Waals surface area contributed by atoms with Crippen LogP contribution in [0.2, 0.25) is 0 Å². The summed E-state index contributed by atoms with van der Waals surface area (Å²) in [6, 6.07) is 7.79. The van der Waals surface area contributed by atoms with Gasteiger partial charge in [-0.05, 0) is 30.8 Å². The summed E-state index contributed by atoms with van der Waals surface area (Å²) in [5.74, 6) is 1.98. The predicted molar refractivity (Wildman–Crippen MR) is 82.8 cm³/mol. The van der Waals surface area contributed by atoms with Crippen molar-refractivity contribution in [3.8, 4) is 5.75 Å². The van der Waals surface area contributed by atoms with Gasteiger partial charge in [-0.25, -0.2) is 0 Å². The highest BCUT2D eigenvalue weighted by molar-refractivity contribution is 9.10. The van der Waals surface area contributed by atoms with Crippen LogP contribution in [0.1, 0.15) is 18.6 Å². The van der Waals surface area contributed by atoms with Gasteiger partial charge in [0.15, 0.2) is 5.82 Å². The van der Waals surface area contributed by atoms with Crippen molar-refractivity contribution >= 4 is 15.9 Å². The van der Waals surface area contributed by atoms with Crippen LogP contribution in [0.3, 0.4) is 0 Å². The van der Waals surface area contributed by atoms with Crippen molar-refractivity contribution in [2.75, 3.05) is 19.7 Å². The SMILES string of the molecule is CCN(CCOc1ccc(Br)cc1)Cc1noc(CN)n1. The fraction of sp³-hybridized carbons (Fsp3) is 0.429. The molecule has 1 aromatic carbocycles. The van der Waals surface area contributed by atoms with E-state index in [1.807, 2.05) is 24.3 Å². The van der Waals surface area contributed by atoms with Crippen LogP contribution in [0, 0.1) is 0 Å². The molecule has 0 aliphatic rings. The minimum atomic E-state index is 0.270. The average molecular weight is 355 g/mol. The molecule has 2 N–H and O–H groups in total. The third kappa shape index (κ3) is 5.11. The molecule has 1 heterocycles. The van der Waals surface area contributed by atoms with Crippen molar-refractivity contribution < 1.29 is 9.26 Å². The van der Waals surface area contributed by atoms with E-state index in [1.54, 1.807) is 0 Å². The first-order valence-electron chi connectivity index (χ1n) is 6.83. The Balaban J connectivity index is 1.78. The molecule has 0 saturated heterocycles. The number of hydrogen-bond acceptors (Lipinski definition) is 6. The molecule has 0 aliphatic carbocycles. The number of aromatic nitrogens is 2. The van der Waals surface area contributed by atoms with Crippen molar-refractivity contribution in [2.24, 2.45) is 5.73 Å². The van der Waals surface area contributed by atoms with Crippen molar-refractivity contribution in [3.63, 3.8) is 0 Å². The Bertz CT molecular complexity index is 544. The average Bonchev–Trinajstić information content (AvgIpc) is 2.96. The topological polar surface area (TPSA) is 77.4 Å². The lowest BCUT2D eigenvalue weighted by atomic mass is 10.3. The Morgan fingerprint density at radius 1 is 1.33 bits per heavy atom. The molecule has 0 atom stereocenters. The quantitative estimate of drug-likeness (QED) is 0.782. The number of benzene rings is 1. The lowest BCUT2D eigenvalue weighted by molar-refractivity contribution is 0.204. The van der Waals surface area contributed by atoms with Crippen LogP contribution in [0.15, 0.2) is 33.3 Å². The Hall–Kier alpha value is -1.44. The number of halogens is 1. The summed E-state index contributed by atoms with van der Waals surface area (Å²) in [7, 11) is 0. The Labute approximate surface area is 132 Å². The van der Waals surface area contributed by atoms with E-state index in [0.717, 1.165) is 23.3 Å². The fourth-order valence-electron chi connectivity index (χ4n) is 1.81. The first-order valence-corrected chi connectivity index (χ1v) is 7.62.